The summed E-state index contributed by atoms with van der Waals surface area (Å²) >= 11 is 12.3. The molecule has 2 bridgehead atoms. The standard InChI is InChI=1S/C17H13Cl2NO2/c18-11-2-1-3-12(15(11)19)20-16(21)13-7-4-5-8(10-6-9(7)10)14(13)17(20)22/h1-5,7-10,13-14H,6H2/t7-,8-,9-,10+,13-,14+/m0/s1. The summed E-state index contributed by atoms with van der Waals surface area (Å²) in [6, 6.07) is 5.07. The molecule has 112 valence electrons. The van der Waals surface area contributed by atoms with E-state index in [1.165, 1.54) is 4.90 Å². The third kappa shape index (κ3) is 1.44. The molecule has 1 saturated heterocycles. The normalized spacial score (nSPS) is 40.9. The van der Waals surface area contributed by atoms with Crippen LogP contribution in [0.1, 0.15) is 6.42 Å². The molecule has 4 aliphatic carbocycles. The Morgan fingerprint density at radius 3 is 2.14 bits per heavy atom. The number of rotatable bonds is 1. The van der Waals surface area contributed by atoms with Crippen molar-refractivity contribution in [1.82, 2.24) is 0 Å². The number of hydrogen-bond donors (Lipinski definition) is 0. The molecular weight excluding hydrogens is 321 g/mol. The summed E-state index contributed by atoms with van der Waals surface area (Å²) in [5, 5.41) is 0.633. The predicted molar refractivity (Wildman–Crippen MR) is 83.7 cm³/mol. The summed E-state index contributed by atoms with van der Waals surface area (Å²) in [4.78, 5) is 27.2. The second kappa shape index (κ2) is 4.15. The monoisotopic (exact) mass is 333 g/mol. The summed E-state index contributed by atoms with van der Waals surface area (Å²) in [6.07, 6.45) is 5.48. The zero-order valence-electron chi connectivity index (χ0n) is 11.6. The first-order chi connectivity index (χ1) is 10.6. The molecule has 1 aliphatic heterocycles. The Balaban J connectivity index is 1.62. The number of carbonyl (C=O) groups is 2. The number of anilines is 1. The van der Waals surface area contributed by atoms with Crippen molar-refractivity contribution in [3.05, 3.63) is 40.4 Å². The van der Waals surface area contributed by atoms with E-state index in [9.17, 15) is 9.59 Å². The lowest BCUT2D eigenvalue weighted by molar-refractivity contribution is -0.124. The van der Waals surface area contributed by atoms with Gasteiger partial charge in [0.25, 0.3) is 0 Å². The fraction of sp³-hybridized carbons (Fsp3) is 0.412. The highest BCUT2D eigenvalue weighted by atomic mass is 35.5. The van der Waals surface area contributed by atoms with Crippen molar-refractivity contribution in [2.45, 2.75) is 6.42 Å². The van der Waals surface area contributed by atoms with E-state index in [0.29, 0.717) is 22.5 Å². The zero-order valence-corrected chi connectivity index (χ0v) is 13.1. The van der Waals surface area contributed by atoms with Gasteiger partial charge in [0.15, 0.2) is 0 Å². The van der Waals surface area contributed by atoms with Gasteiger partial charge in [0.2, 0.25) is 11.8 Å². The maximum atomic E-state index is 12.9. The van der Waals surface area contributed by atoms with Gasteiger partial charge < -0.3 is 0 Å². The van der Waals surface area contributed by atoms with Crippen LogP contribution in [0.3, 0.4) is 0 Å². The van der Waals surface area contributed by atoms with Crippen LogP contribution in [0.5, 0.6) is 0 Å². The Hall–Kier alpha value is -1.32. The molecule has 2 saturated carbocycles. The molecule has 2 amide bonds. The smallest absolute Gasteiger partial charge is 0.238 e. The topological polar surface area (TPSA) is 37.4 Å². The van der Waals surface area contributed by atoms with Crippen molar-refractivity contribution >= 4 is 40.7 Å². The average molecular weight is 334 g/mol. The van der Waals surface area contributed by atoms with Crippen LogP contribution in [0.25, 0.3) is 0 Å². The molecule has 6 rings (SSSR count). The molecule has 1 aromatic rings. The highest BCUT2D eigenvalue weighted by molar-refractivity contribution is 6.44. The van der Waals surface area contributed by atoms with Crippen molar-refractivity contribution in [2.24, 2.45) is 35.5 Å². The highest BCUT2D eigenvalue weighted by Gasteiger charge is 2.67. The van der Waals surface area contributed by atoms with Crippen molar-refractivity contribution < 1.29 is 9.59 Å². The van der Waals surface area contributed by atoms with Crippen molar-refractivity contribution in [2.75, 3.05) is 4.90 Å². The third-order valence-electron chi connectivity index (χ3n) is 5.83. The number of benzene rings is 1. The van der Waals surface area contributed by atoms with E-state index in [1.807, 2.05) is 0 Å². The van der Waals surface area contributed by atoms with Crippen molar-refractivity contribution in [1.29, 1.82) is 0 Å². The number of imide groups is 1. The molecule has 0 aromatic heterocycles. The van der Waals surface area contributed by atoms with Crippen molar-refractivity contribution in [3.63, 3.8) is 0 Å². The van der Waals surface area contributed by atoms with Gasteiger partial charge in [-0.2, -0.15) is 0 Å². The second-order valence-corrected chi connectivity index (χ2v) is 7.52. The minimum Gasteiger partial charge on any atom is -0.274 e. The maximum absolute atomic E-state index is 12.9. The molecule has 3 nitrogen and oxygen atoms in total. The van der Waals surface area contributed by atoms with Crippen LogP contribution in [-0.2, 0) is 9.59 Å². The fourth-order valence-corrected chi connectivity index (χ4v) is 5.24. The number of carbonyl (C=O) groups excluding carboxylic acids is 2. The van der Waals surface area contributed by atoms with E-state index in [1.54, 1.807) is 18.2 Å². The number of allylic oxidation sites excluding steroid dienone is 2. The number of halogens is 2. The SMILES string of the molecule is O=C1[C@@H]2[C@H]3C=C[C@@H]([C@@H]4C[C@H]34)[C@@H]2C(=O)N1c1cccc(Cl)c1Cl. The number of hydrogen-bond acceptors (Lipinski definition) is 2. The molecule has 3 fully saturated rings. The van der Waals surface area contributed by atoms with Gasteiger partial charge in [-0.1, -0.05) is 41.4 Å². The van der Waals surface area contributed by atoms with Crippen LogP contribution >= 0.6 is 23.2 Å². The molecule has 0 N–H and O–H groups in total. The van der Waals surface area contributed by atoms with Gasteiger partial charge in [0.05, 0.1) is 27.6 Å². The van der Waals surface area contributed by atoms with Gasteiger partial charge in [0, 0.05) is 0 Å². The molecule has 0 unspecified atom stereocenters. The summed E-state index contributed by atoms with van der Waals surface area (Å²) in [6.45, 7) is 0. The number of nitrogens with zero attached hydrogens (tertiary/aromatic N) is 1. The van der Waals surface area contributed by atoms with Crippen LogP contribution in [0.2, 0.25) is 10.0 Å². The Kier molecular flexibility index (Phi) is 2.48. The summed E-state index contributed by atoms with van der Waals surface area (Å²) in [5.41, 5.74) is 0.423. The molecule has 0 spiro atoms. The van der Waals surface area contributed by atoms with Gasteiger partial charge in [-0.05, 0) is 42.2 Å². The lowest BCUT2D eigenvalue weighted by atomic mass is 9.63. The summed E-state index contributed by atoms with van der Waals surface area (Å²) in [7, 11) is 0. The molecular formula is C17H13Cl2NO2. The molecule has 6 atom stereocenters. The molecule has 22 heavy (non-hydrogen) atoms. The molecule has 5 aliphatic rings. The molecule has 1 heterocycles. The van der Waals surface area contributed by atoms with Crippen LogP contribution in [0.15, 0.2) is 30.4 Å². The summed E-state index contributed by atoms with van der Waals surface area (Å²) in [5.74, 6) is 1.01. The predicted octanol–water partition coefficient (Wildman–Crippen LogP) is 3.55. The fourth-order valence-electron chi connectivity index (χ4n) is 4.86. The van der Waals surface area contributed by atoms with Gasteiger partial charge in [-0.3, -0.25) is 9.59 Å². The van der Waals surface area contributed by atoms with Gasteiger partial charge in [-0.25, -0.2) is 4.90 Å². The van der Waals surface area contributed by atoms with Crippen LogP contribution in [0, 0.1) is 35.5 Å². The minimum absolute atomic E-state index is 0.108. The minimum atomic E-state index is -0.207. The van der Waals surface area contributed by atoms with E-state index in [2.05, 4.69) is 12.2 Å². The van der Waals surface area contributed by atoms with Crippen molar-refractivity contribution in [3.8, 4) is 0 Å². The second-order valence-electron chi connectivity index (χ2n) is 6.74. The average Bonchev–Trinajstić information content (AvgIpc) is 3.28. The van der Waals surface area contributed by atoms with E-state index in [0.717, 1.165) is 6.42 Å². The lowest BCUT2D eigenvalue weighted by Gasteiger charge is -2.37. The van der Waals surface area contributed by atoms with E-state index in [-0.39, 0.29) is 40.5 Å². The van der Waals surface area contributed by atoms with Crippen LogP contribution in [-0.4, -0.2) is 11.8 Å². The molecule has 5 heteroatoms. The third-order valence-corrected chi connectivity index (χ3v) is 6.64. The van der Waals surface area contributed by atoms with Crippen LogP contribution in [0.4, 0.5) is 5.69 Å². The highest BCUT2D eigenvalue weighted by Crippen LogP contribution is 2.65. The Morgan fingerprint density at radius 1 is 0.955 bits per heavy atom. The van der Waals surface area contributed by atoms with E-state index < -0.39 is 0 Å². The van der Waals surface area contributed by atoms with E-state index >= 15 is 0 Å². The zero-order chi connectivity index (χ0) is 15.2. The summed E-state index contributed by atoms with van der Waals surface area (Å²) < 4.78 is 0. The Bertz CT molecular complexity index is 723. The first-order valence-corrected chi connectivity index (χ1v) is 8.35. The van der Waals surface area contributed by atoms with Gasteiger partial charge in [0.1, 0.15) is 0 Å². The Morgan fingerprint density at radius 2 is 1.55 bits per heavy atom. The van der Waals surface area contributed by atoms with Gasteiger partial charge >= 0.3 is 0 Å². The quantitative estimate of drug-likeness (QED) is 0.582. The van der Waals surface area contributed by atoms with Gasteiger partial charge in [-0.15, -0.1) is 0 Å². The lowest BCUT2D eigenvalue weighted by Crippen LogP contribution is -2.40. The first-order valence-electron chi connectivity index (χ1n) is 7.59. The maximum Gasteiger partial charge on any atom is 0.238 e. The Labute approximate surface area is 137 Å². The van der Waals surface area contributed by atoms with E-state index in [4.69, 9.17) is 23.2 Å². The van der Waals surface area contributed by atoms with Crippen LogP contribution < -0.4 is 4.90 Å². The molecule has 0 radical (unpaired) electrons. The first kappa shape index (κ1) is 13.1. The molecule has 1 aromatic carbocycles. The largest absolute Gasteiger partial charge is 0.274 e. The number of amides is 2.